The normalized spacial score (nSPS) is 13.3. The molecule has 1 aliphatic carbocycles. The smallest absolute Gasteiger partial charge is 0.263 e. The zero-order valence-electron chi connectivity index (χ0n) is 20.3. The minimum atomic E-state index is -0.0148. The van der Waals surface area contributed by atoms with E-state index in [1.807, 2.05) is 77.2 Å². The Balaban J connectivity index is 1.50. The topological polar surface area (TPSA) is 60.2 Å². The quantitative estimate of drug-likeness (QED) is 0.250. The minimum Gasteiger partial charge on any atom is -0.275 e. The Morgan fingerprint density at radius 1 is 0.632 bits per heavy atom. The van der Waals surface area contributed by atoms with Crippen LogP contribution < -0.4 is 5.56 Å². The lowest BCUT2D eigenvalue weighted by molar-refractivity contribution is 1.04. The van der Waals surface area contributed by atoms with Crippen LogP contribution in [0.2, 0.25) is 0 Å². The fourth-order valence-corrected chi connectivity index (χ4v) is 5.72. The van der Waals surface area contributed by atoms with Gasteiger partial charge in [-0.05, 0) is 23.9 Å². The van der Waals surface area contributed by atoms with E-state index in [0.29, 0.717) is 22.9 Å². The van der Waals surface area contributed by atoms with Crippen molar-refractivity contribution in [2.75, 3.05) is 0 Å². The van der Waals surface area contributed by atoms with Crippen molar-refractivity contribution in [3.8, 4) is 22.8 Å². The van der Waals surface area contributed by atoms with Crippen LogP contribution in [0.15, 0.2) is 114 Å². The van der Waals surface area contributed by atoms with Crippen LogP contribution in [-0.4, -0.2) is 19.4 Å². The number of aromatic nitrogens is 4. The van der Waals surface area contributed by atoms with Gasteiger partial charge in [-0.1, -0.05) is 97.1 Å². The van der Waals surface area contributed by atoms with E-state index < -0.39 is 0 Å². The third kappa shape index (κ3) is 2.93. The summed E-state index contributed by atoms with van der Waals surface area (Å²) in [5, 5.41) is 4.72. The van der Waals surface area contributed by atoms with Crippen LogP contribution in [0.3, 0.4) is 0 Å². The van der Waals surface area contributed by atoms with Crippen molar-refractivity contribution in [2.24, 2.45) is 0 Å². The van der Waals surface area contributed by atoms with Crippen LogP contribution in [0, 0.1) is 0 Å². The highest BCUT2D eigenvalue weighted by Crippen LogP contribution is 2.39. The standard InChI is InChI=1S/C33H20N4O/c38-33-24-15-7-6-14-22(24)23-16-8-17-25-28-26(18-9-19-27(28)37(33)29(23)25)32-35-30(20-10-2-1-3-11-20)34-31(36-32)21-12-4-5-13-21/h1-4,6-19H,5H2. The van der Waals surface area contributed by atoms with Crippen LogP contribution in [-0.2, 0) is 0 Å². The molecule has 7 aromatic rings. The van der Waals surface area contributed by atoms with E-state index in [1.165, 1.54) is 0 Å². The van der Waals surface area contributed by atoms with Gasteiger partial charge in [0, 0.05) is 38.2 Å². The second kappa shape index (κ2) is 7.92. The number of fused-ring (bicyclic) bond motifs is 5. The molecule has 8 rings (SSSR count). The minimum absolute atomic E-state index is 0.0148. The van der Waals surface area contributed by atoms with Crippen molar-refractivity contribution < 1.29 is 0 Å². The third-order valence-corrected chi connectivity index (χ3v) is 7.40. The maximum Gasteiger partial charge on any atom is 0.263 e. The Morgan fingerprint density at radius 3 is 2.18 bits per heavy atom. The molecule has 0 atom stereocenters. The zero-order chi connectivity index (χ0) is 25.2. The highest BCUT2D eigenvalue weighted by molar-refractivity contribution is 6.22. The van der Waals surface area contributed by atoms with E-state index in [0.717, 1.165) is 55.7 Å². The summed E-state index contributed by atoms with van der Waals surface area (Å²) in [5.74, 6) is 1.87. The average molecular weight is 489 g/mol. The van der Waals surface area contributed by atoms with E-state index in [2.05, 4.69) is 36.4 Å². The summed E-state index contributed by atoms with van der Waals surface area (Å²) in [4.78, 5) is 28.6. The summed E-state index contributed by atoms with van der Waals surface area (Å²) in [6, 6.07) is 30.1. The summed E-state index contributed by atoms with van der Waals surface area (Å²) in [6.45, 7) is 0. The van der Waals surface area contributed by atoms with Gasteiger partial charge in [0.1, 0.15) is 0 Å². The molecular weight excluding hydrogens is 468 g/mol. The second-order valence-corrected chi connectivity index (χ2v) is 9.56. The maximum atomic E-state index is 13.8. The van der Waals surface area contributed by atoms with E-state index in [9.17, 15) is 4.79 Å². The fourth-order valence-electron chi connectivity index (χ4n) is 5.72. The molecule has 5 nitrogen and oxygen atoms in total. The summed E-state index contributed by atoms with van der Waals surface area (Å²) >= 11 is 0. The Hall–Kier alpha value is -5.16. The lowest BCUT2D eigenvalue weighted by atomic mass is 10.0. The van der Waals surface area contributed by atoms with Crippen molar-refractivity contribution in [1.29, 1.82) is 0 Å². The fraction of sp³-hybridized carbons (Fsp3) is 0.0303. The van der Waals surface area contributed by atoms with Crippen LogP contribution in [0.5, 0.6) is 0 Å². The van der Waals surface area contributed by atoms with Gasteiger partial charge in [-0.2, -0.15) is 0 Å². The average Bonchev–Trinajstić information content (AvgIpc) is 3.64. The zero-order valence-corrected chi connectivity index (χ0v) is 20.3. The first-order valence-corrected chi connectivity index (χ1v) is 12.7. The summed E-state index contributed by atoms with van der Waals surface area (Å²) < 4.78 is 1.86. The van der Waals surface area contributed by atoms with Crippen molar-refractivity contribution in [1.82, 2.24) is 19.4 Å². The van der Waals surface area contributed by atoms with Gasteiger partial charge in [0.05, 0.1) is 11.0 Å². The van der Waals surface area contributed by atoms with E-state index in [4.69, 9.17) is 15.0 Å². The first kappa shape index (κ1) is 21.0. The molecule has 0 saturated heterocycles. The Morgan fingerprint density at radius 2 is 1.34 bits per heavy atom. The van der Waals surface area contributed by atoms with Crippen molar-refractivity contribution >= 4 is 43.5 Å². The van der Waals surface area contributed by atoms with E-state index in [-0.39, 0.29) is 5.56 Å². The molecule has 0 spiro atoms. The molecule has 0 bridgehead atoms. The van der Waals surface area contributed by atoms with Gasteiger partial charge < -0.3 is 0 Å². The molecule has 0 fully saturated rings. The van der Waals surface area contributed by atoms with Gasteiger partial charge in [-0.15, -0.1) is 0 Å². The number of benzene rings is 4. The molecule has 0 N–H and O–H groups in total. The van der Waals surface area contributed by atoms with E-state index in [1.54, 1.807) is 0 Å². The largest absolute Gasteiger partial charge is 0.275 e. The molecule has 5 heteroatoms. The highest BCUT2D eigenvalue weighted by Gasteiger charge is 2.21. The predicted octanol–water partition coefficient (Wildman–Crippen LogP) is 7.06. The SMILES string of the molecule is O=c1c2ccccc2c2cccc3c4c(-c5nc(C6=CCC=C6)nc(-c6ccccc6)n5)cccc4n1c23. The van der Waals surface area contributed by atoms with Crippen molar-refractivity contribution in [3.05, 3.63) is 125 Å². The lowest BCUT2D eigenvalue weighted by Gasteiger charge is -2.09. The summed E-state index contributed by atoms with van der Waals surface area (Å²) in [6.07, 6.45) is 7.16. The van der Waals surface area contributed by atoms with E-state index >= 15 is 0 Å². The van der Waals surface area contributed by atoms with Crippen LogP contribution >= 0.6 is 0 Å². The Kier molecular flexibility index (Phi) is 4.37. The number of nitrogens with zero attached hydrogens (tertiary/aromatic N) is 4. The van der Waals surface area contributed by atoms with Gasteiger partial charge >= 0.3 is 0 Å². The van der Waals surface area contributed by atoms with Gasteiger partial charge in [0.15, 0.2) is 17.5 Å². The molecule has 0 amide bonds. The third-order valence-electron chi connectivity index (χ3n) is 7.40. The van der Waals surface area contributed by atoms with Gasteiger partial charge in [-0.25, -0.2) is 15.0 Å². The molecule has 3 heterocycles. The van der Waals surface area contributed by atoms with Crippen molar-refractivity contribution in [2.45, 2.75) is 6.42 Å². The molecular formula is C33H20N4O. The second-order valence-electron chi connectivity index (χ2n) is 9.56. The summed E-state index contributed by atoms with van der Waals surface area (Å²) in [7, 11) is 0. The molecule has 0 saturated carbocycles. The van der Waals surface area contributed by atoms with Gasteiger partial charge in [0.25, 0.3) is 5.56 Å². The van der Waals surface area contributed by atoms with Crippen LogP contribution in [0.1, 0.15) is 12.2 Å². The Bertz CT molecular complexity index is 2170. The Labute approximate surface area is 217 Å². The number of allylic oxidation sites excluding steroid dienone is 4. The lowest BCUT2D eigenvalue weighted by Crippen LogP contribution is -2.12. The molecule has 0 unspecified atom stereocenters. The molecule has 0 radical (unpaired) electrons. The number of para-hydroxylation sites is 1. The van der Waals surface area contributed by atoms with Crippen LogP contribution in [0.25, 0.3) is 66.3 Å². The van der Waals surface area contributed by atoms with Crippen LogP contribution in [0.4, 0.5) is 0 Å². The van der Waals surface area contributed by atoms with Gasteiger partial charge in [0.2, 0.25) is 0 Å². The molecule has 1 aliphatic rings. The number of hydrogen-bond acceptors (Lipinski definition) is 4. The number of rotatable bonds is 3. The monoisotopic (exact) mass is 488 g/mol. The van der Waals surface area contributed by atoms with Crippen molar-refractivity contribution in [3.63, 3.8) is 0 Å². The first-order valence-electron chi connectivity index (χ1n) is 12.7. The summed E-state index contributed by atoms with van der Waals surface area (Å²) in [5.41, 5.74) is 4.57. The first-order chi connectivity index (χ1) is 18.8. The number of pyridine rings is 1. The molecule has 38 heavy (non-hydrogen) atoms. The molecule has 0 aliphatic heterocycles. The van der Waals surface area contributed by atoms with Gasteiger partial charge in [-0.3, -0.25) is 9.20 Å². The number of hydrogen-bond donors (Lipinski definition) is 0. The predicted molar refractivity (Wildman–Crippen MR) is 153 cm³/mol. The molecule has 3 aromatic heterocycles. The maximum absolute atomic E-state index is 13.8. The molecule has 4 aromatic carbocycles. The molecule has 178 valence electrons. The highest BCUT2D eigenvalue weighted by atomic mass is 16.1.